The molecule has 0 amide bonds. The Morgan fingerprint density at radius 1 is 1.15 bits per heavy atom. The Bertz CT molecular complexity index is 1460. The van der Waals surface area contributed by atoms with Crippen molar-refractivity contribution in [2.24, 2.45) is 0 Å². The highest BCUT2D eigenvalue weighted by Crippen LogP contribution is 2.44. The molecule has 3 aromatic carbocycles. The van der Waals surface area contributed by atoms with Crippen LogP contribution in [0.3, 0.4) is 0 Å². The molecule has 0 spiro atoms. The Hall–Kier alpha value is -4.29. The maximum atomic E-state index is 15.0. The second-order valence-corrected chi connectivity index (χ2v) is 10.4. The van der Waals surface area contributed by atoms with Gasteiger partial charge < -0.3 is 29.2 Å². The average Bonchev–Trinajstić information content (AvgIpc) is 3.48. The zero-order valence-electron chi connectivity index (χ0n) is 21.6. The monoisotopic (exact) mass is 533 g/mol. The zero-order chi connectivity index (χ0) is 27.7. The molecule has 2 N–H and O–H groups in total. The molecule has 39 heavy (non-hydrogen) atoms. The molecule has 1 aliphatic heterocycles. The summed E-state index contributed by atoms with van der Waals surface area (Å²) in [5.41, 5.74) is 1.16. The minimum atomic E-state index is -1.08. The molecule has 8 nitrogen and oxygen atoms in total. The highest BCUT2D eigenvalue weighted by atomic mass is 19.1. The number of nitrogens with zero attached hydrogens (tertiary/aromatic N) is 1. The number of ether oxygens (including phenoxy) is 4. The van der Waals surface area contributed by atoms with E-state index in [1.807, 2.05) is 0 Å². The van der Waals surface area contributed by atoms with Crippen molar-refractivity contribution in [2.75, 3.05) is 13.2 Å². The van der Waals surface area contributed by atoms with Gasteiger partial charge in [-0.3, -0.25) is 4.79 Å². The van der Waals surface area contributed by atoms with Crippen LogP contribution >= 0.6 is 0 Å². The van der Waals surface area contributed by atoms with Crippen molar-refractivity contribution in [1.82, 2.24) is 0 Å². The Kier molecular flexibility index (Phi) is 7.06. The maximum Gasteiger partial charge on any atom is 0.304 e. The number of fused-ring (bicyclic) bond motifs is 2. The normalized spacial score (nSPS) is 17.5. The number of aliphatic hydroxyl groups is 1. The number of benzene rings is 3. The highest BCUT2D eigenvalue weighted by Gasteiger charge is 2.32. The van der Waals surface area contributed by atoms with Gasteiger partial charge in [0.2, 0.25) is 0 Å². The molecular formula is C30H28FNO7. The summed E-state index contributed by atoms with van der Waals surface area (Å²) in [5, 5.41) is 28.5. The number of aliphatic carboxylic acids is 1. The van der Waals surface area contributed by atoms with Gasteiger partial charge in [-0.2, -0.15) is 5.26 Å². The Labute approximate surface area is 225 Å². The molecule has 0 bridgehead atoms. The van der Waals surface area contributed by atoms with Gasteiger partial charge in [-0.05, 0) is 57.0 Å². The second kappa shape index (κ2) is 10.5. The number of carbonyl (C=O) groups is 1. The first-order valence-corrected chi connectivity index (χ1v) is 12.6. The molecule has 3 aromatic rings. The fraction of sp³-hybridized carbons (Fsp3) is 0.333. The van der Waals surface area contributed by atoms with E-state index in [0.29, 0.717) is 59.1 Å². The zero-order valence-corrected chi connectivity index (χ0v) is 21.6. The van der Waals surface area contributed by atoms with Gasteiger partial charge in [0.1, 0.15) is 53.3 Å². The molecule has 0 aromatic heterocycles. The summed E-state index contributed by atoms with van der Waals surface area (Å²) in [6.07, 6.45) is 0.528. The van der Waals surface area contributed by atoms with E-state index < -0.39 is 23.5 Å². The first-order valence-electron chi connectivity index (χ1n) is 12.6. The Morgan fingerprint density at radius 3 is 2.69 bits per heavy atom. The van der Waals surface area contributed by atoms with Gasteiger partial charge in [-0.15, -0.1) is 0 Å². The van der Waals surface area contributed by atoms with E-state index in [1.165, 1.54) is 6.07 Å². The average molecular weight is 534 g/mol. The molecule has 1 heterocycles. The lowest BCUT2D eigenvalue weighted by molar-refractivity contribution is -0.137. The predicted octanol–water partition coefficient (Wildman–Crippen LogP) is 5.66. The largest absolute Gasteiger partial charge is 0.492 e. The Morgan fingerprint density at radius 2 is 1.95 bits per heavy atom. The van der Waals surface area contributed by atoms with Crippen molar-refractivity contribution in [3.8, 4) is 34.8 Å². The molecule has 0 saturated carbocycles. The van der Waals surface area contributed by atoms with Crippen molar-refractivity contribution >= 4 is 5.97 Å². The van der Waals surface area contributed by atoms with Crippen LogP contribution in [-0.4, -0.2) is 35.0 Å². The van der Waals surface area contributed by atoms with Crippen LogP contribution in [0, 0.1) is 17.1 Å². The van der Waals surface area contributed by atoms with Gasteiger partial charge in [-0.1, -0.05) is 6.07 Å². The van der Waals surface area contributed by atoms with Crippen molar-refractivity contribution in [3.05, 3.63) is 76.6 Å². The third-order valence-electron chi connectivity index (χ3n) is 6.69. The summed E-state index contributed by atoms with van der Waals surface area (Å²) in [7, 11) is 0. The third kappa shape index (κ3) is 5.76. The lowest BCUT2D eigenvalue weighted by Crippen LogP contribution is -2.28. The Balaban J connectivity index is 1.35. The van der Waals surface area contributed by atoms with Gasteiger partial charge in [0, 0.05) is 34.7 Å². The minimum absolute atomic E-state index is 0.00987. The van der Waals surface area contributed by atoms with Gasteiger partial charge in [0.05, 0.1) is 24.2 Å². The molecule has 0 radical (unpaired) electrons. The van der Waals surface area contributed by atoms with Crippen molar-refractivity contribution in [3.63, 3.8) is 0 Å². The van der Waals surface area contributed by atoms with Crippen LogP contribution in [0.25, 0.3) is 0 Å². The van der Waals surface area contributed by atoms with Gasteiger partial charge in [0.25, 0.3) is 0 Å². The summed E-state index contributed by atoms with van der Waals surface area (Å²) in [4.78, 5) is 11.1. The van der Waals surface area contributed by atoms with Crippen LogP contribution in [0.5, 0.6) is 28.7 Å². The van der Waals surface area contributed by atoms with Crippen LogP contribution in [-0.2, 0) is 11.2 Å². The van der Waals surface area contributed by atoms with E-state index in [-0.39, 0.29) is 24.7 Å². The van der Waals surface area contributed by atoms with E-state index >= 15 is 4.39 Å². The van der Waals surface area contributed by atoms with Crippen LogP contribution < -0.4 is 18.9 Å². The van der Waals surface area contributed by atoms with E-state index in [2.05, 4.69) is 6.07 Å². The summed E-state index contributed by atoms with van der Waals surface area (Å²) in [5.74, 6) is 0.765. The van der Waals surface area contributed by atoms with Gasteiger partial charge in [-0.25, -0.2) is 4.39 Å². The molecule has 2 aliphatic rings. The number of carboxylic acids is 1. The highest BCUT2D eigenvalue weighted by molar-refractivity contribution is 5.69. The SMILES string of the molecule is CC(C)(O)COc1cc(Oc2ccc(F)c3c2CC[C@H]3Oc2ccc3c(c2)OC[C@H]3CC(=O)O)ccc1C#N. The first-order chi connectivity index (χ1) is 18.6. The van der Waals surface area contributed by atoms with E-state index in [1.54, 1.807) is 56.3 Å². The van der Waals surface area contributed by atoms with Crippen LogP contribution in [0.4, 0.5) is 4.39 Å². The second-order valence-electron chi connectivity index (χ2n) is 10.4. The standard InChI is InChI=1S/C30H28FNO7/c1-30(2,35)16-37-26-12-19(4-3-17(26)14-32)38-24-10-8-23(31)29-22(24)7-9-25(29)39-20-5-6-21-18(11-28(33)34)15-36-27(21)13-20/h3-6,8,10,12-13,18,25,35H,7,9,11,15-16H2,1-2H3,(H,33,34)/t18-,25-/m1/s1. The minimum Gasteiger partial charge on any atom is -0.492 e. The van der Waals surface area contributed by atoms with E-state index in [4.69, 9.17) is 24.1 Å². The predicted molar refractivity (Wildman–Crippen MR) is 138 cm³/mol. The van der Waals surface area contributed by atoms with Crippen molar-refractivity contribution in [2.45, 2.75) is 50.7 Å². The number of nitriles is 1. The summed E-state index contributed by atoms with van der Waals surface area (Å²) in [6.45, 7) is 3.49. The number of carboxylic acid groups (broad SMARTS) is 1. The van der Waals surface area contributed by atoms with Gasteiger partial charge in [0.15, 0.2) is 0 Å². The van der Waals surface area contributed by atoms with Crippen LogP contribution in [0.2, 0.25) is 0 Å². The van der Waals surface area contributed by atoms with E-state index in [9.17, 15) is 15.2 Å². The molecule has 9 heteroatoms. The molecule has 202 valence electrons. The third-order valence-corrected chi connectivity index (χ3v) is 6.69. The molecule has 0 unspecified atom stereocenters. The number of hydrogen-bond donors (Lipinski definition) is 2. The maximum absolute atomic E-state index is 15.0. The summed E-state index contributed by atoms with van der Waals surface area (Å²) >= 11 is 0. The van der Waals surface area contributed by atoms with Gasteiger partial charge >= 0.3 is 5.97 Å². The van der Waals surface area contributed by atoms with Crippen molar-refractivity contribution < 1.29 is 38.3 Å². The molecule has 0 saturated heterocycles. The lowest BCUT2D eigenvalue weighted by atomic mass is 9.98. The number of hydrogen-bond acceptors (Lipinski definition) is 7. The van der Waals surface area contributed by atoms with Crippen LogP contribution in [0.1, 0.15) is 61.0 Å². The molecule has 1 aliphatic carbocycles. The van der Waals surface area contributed by atoms with Crippen LogP contribution in [0.15, 0.2) is 48.5 Å². The fourth-order valence-corrected chi connectivity index (χ4v) is 4.89. The fourth-order valence-electron chi connectivity index (χ4n) is 4.89. The van der Waals surface area contributed by atoms with Crippen molar-refractivity contribution in [1.29, 1.82) is 5.26 Å². The summed E-state index contributed by atoms with van der Waals surface area (Å²) < 4.78 is 38.6. The topological polar surface area (TPSA) is 118 Å². The molecule has 0 fully saturated rings. The summed E-state index contributed by atoms with van der Waals surface area (Å²) in [6, 6.07) is 15.0. The molecule has 2 atom stereocenters. The molecule has 5 rings (SSSR count). The first kappa shape index (κ1) is 26.3. The number of halogens is 1. The smallest absolute Gasteiger partial charge is 0.304 e. The quantitative estimate of drug-likeness (QED) is 0.362. The number of rotatable bonds is 9. The molecular weight excluding hydrogens is 505 g/mol. The lowest BCUT2D eigenvalue weighted by Gasteiger charge is -2.19. The van der Waals surface area contributed by atoms with E-state index in [0.717, 1.165) is 5.56 Å².